The van der Waals surface area contributed by atoms with E-state index in [0.29, 0.717) is 52.9 Å². The monoisotopic (exact) mass is 430 g/mol. The van der Waals surface area contributed by atoms with Gasteiger partial charge in [-0.05, 0) is 20.8 Å². The fourth-order valence-electron chi connectivity index (χ4n) is 1.65. The molecule has 0 heterocycles. The first-order valence-corrected chi connectivity index (χ1v) is 10.9. The minimum Gasteiger partial charge on any atom is -0.458 e. The molecule has 28 heavy (non-hydrogen) atoms. The number of rotatable bonds is 18. The summed E-state index contributed by atoms with van der Waals surface area (Å²) in [6, 6.07) is 0. The average molecular weight is 431 g/mol. The molecule has 0 aliphatic carbocycles. The van der Waals surface area contributed by atoms with Crippen LogP contribution in [0.4, 0.5) is 0 Å². The Hall–Kier alpha value is -0.820. The van der Waals surface area contributed by atoms with Gasteiger partial charge >= 0.3 is 5.97 Å². The van der Waals surface area contributed by atoms with E-state index in [0.717, 1.165) is 6.26 Å². The summed E-state index contributed by atoms with van der Waals surface area (Å²) >= 11 is 0. The molecule has 0 radical (unpaired) electrons. The van der Waals surface area contributed by atoms with Crippen LogP contribution in [0.2, 0.25) is 0 Å². The second kappa shape index (κ2) is 16.0. The minimum absolute atomic E-state index is 0.00596. The van der Waals surface area contributed by atoms with Gasteiger partial charge in [0, 0.05) is 0 Å². The molecular weight excluding hydrogens is 396 g/mol. The molecule has 0 saturated heterocycles. The Labute approximate surface area is 167 Å². The lowest BCUT2D eigenvalue weighted by Crippen LogP contribution is -2.27. The van der Waals surface area contributed by atoms with Gasteiger partial charge in [0.2, 0.25) is 0 Å². The van der Waals surface area contributed by atoms with Crippen molar-refractivity contribution in [2.45, 2.75) is 26.4 Å². The summed E-state index contributed by atoms with van der Waals surface area (Å²) in [6.07, 6.45) is 0.988. The molecule has 0 aromatic heterocycles. The first-order valence-electron chi connectivity index (χ1n) is 9.05. The van der Waals surface area contributed by atoms with Gasteiger partial charge in [-0.1, -0.05) is 0 Å². The van der Waals surface area contributed by atoms with Crippen molar-refractivity contribution in [3.63, 3.8) is 0 Å². The Morgan fingerprint density at radius 1 is 0.679 bits per heavy atom. The number of carbonyl (C=O) groups is 1. The molecule has 0 aromatic rings. The second-order valence-electron chi connectivity index (χ2n) is 6.61. The zero-order valence-electron chi connectivity index (χ0n) is 17.3. The van der Waals surface area contributed by atoms with E-state index < -0.39 is 21.7 Å². The van der Waals surface area contributed by atoms with Gasteiger partial charge in [-0.2, -0.15) is 8.42 Å². The van der Waals surface area contributed by atoms with E-state index in [2.05, 4.69) is 4.18 Å². The van der Waals surface area contributed by atoms with Crippen molar-refractivity contribution < 1.29 is 45.8 Å². The Bertz CT molecular complexity index is 487. The fourth-order valence-corrected chi connectivity index (χ4v) is 2.02. The van der Waals surface area contributed by atoms with Crippen LogP contribution in [0.1, 0.15) is 20.8 Å². The summed E-state index contributed by atoms with van der Waals surface area (Å²) in [7, 11) is -3.42. The maximum Gasteiger partial charge on any atom is 0.332 e. The van der Waals surface area contributed by atoms with Crippen LogP contribution in [0.3, 0.4) is 0 Å². The standard InChI is InChI=1S/C17H34O10S/c1-17(2,3)27-16(18)15-25-12-11-23-8-7-21-5-6-22-9-10-24-13-14-26-28(4,19)20/h5-15H2,1-4H3. The van der Waals surface area contributed by atoms with Crippen molar-refractivity contribution in [1.82, 2.24) is 0 Å². The third-order valence-electron chi connectivity index (χ3n) is 2.65. The zero-order valence-corrected chi connectivity index (χ0v) is 18.1. The van der Waals surface area contributed by atoms with Crippen LogP contribution < -0.4 is 0 Å². The lowest BCUT2D eigenvalue weighted by Gasteiger charge is -2.19. The first kappa shape index (κ1) is 27.2. The van der Waals surface area contributed by atoms with E-state index in [1.54, 1.807) is 20.8 Å². The highest BCUT2D eigenvalue weighted by molar-refractivity contribution is 7.85. The molecule has 0 atom stereocenters. The van der Waals surface area contributed by atoms with E-state index in [4.69, 9.17) is 28.4 Å². The van der Waals surface area contributed by atoms with Gasteiger partial charge in [0.15, 0.2) is 0 Å². The Morgan fingerprint density at radius 2 is 1.04 bits per heavy atom. The van der Waals surface area contributed by atoms with E-state index in [1.807, 2.05) is 0 Å². The molecule has 0 rings (SSSR count). The normalized spacial score (nSPS) is 12.3. The number of hydrogen-bond acceptors (Lipinski definition) is 10. The van der Waals surface area contributed by atoms with Crippen molar-refractivity contribution in [2.24, 2.45) is 0 Å². The quantitative estimate of drug-likeness (QED) is 0.172. The van der Waals surface area contributed by atoms with Crippen LogP contribution in [0.5, 0.6) is 0 Å². The number of carbonyl (C=O) groups excluding carboxylic acids is 1. The van der Waals surface area contributed by atoms with Crippen molar-refractivity contribution in [2.75, 3.05) is 78.9 Å². The summed E-state index contributed by atoms with van der Waals surface area (Å²) < 4.78 is 57.2. The van der Waals surface area contributed by atoms with Gasteiger partial charge in [-0.25, -0.2) is 4.79 Å². The lowest BCUT2D eigenvalue weighted by atomic mass is 10.2. The molecule has 0 N–H and O–H groups in total. The zero-order chi connectivity index (χ0) is 21.3. The Balaban J connectivity index is 3.19. The molecule has 0 unspecified atom stereocenters. The summed E-state index contributed by atoms with van der Waals surface area (Å²) in [6.45, 7) is 8.57. The van der Waals surface area contributed by atoms with Crippen LogP contribution in [0, 0.1) is 0 Å². The van der Waals surface area contributed by atoms with Crippen molar-refractivity contribution in [3.05, 3.63) is 0 Å². The van der Waals surface area contributed by atoms with Crippen LogP contribution in [-0.2, 0) is 47.5 Å². The summed E-state index contributed by atoms with van der Waals surface area (Å²) in [5, 5.41) is 0. The highest BCUT2D eigenvalue weighted by Crippen LogP contribution is 2.06. The number of ether oxygens (including phenoxy) is 6. The molecule has 0 aliphatic heterocycles. The molecule has 11 heteroatoms. The van der Waals surface area contributed by atoms with Crippen molar-refractivity contribution in [1.29, 1.82) is 0 Å². The maximum atomic E-state index is 11.4. The molecule has 0 bridgehead atoms. The predicted molar refractivity (Wildman–Crippen MR) is 101 cm³/mol. The highest BCUT2D eigenvalue weighted by atomic mass is 32.2. The van der Waals surface area contributed by atoms with E-state index in [-0.39, 0.29) is 19.8 Å². The molecule has 0 fully saturated rings. The molecule has 0 saturated carbocycles. The first-order chi connectivity index (χ1) is 13.1. The number of hydrogen-bond donors (Lipinski definition) is 0. The van der Waals surface area contributed by atoms with Gasteiger partial charge in [-0.3, -0.25) is 4.18 Å². The average Bonchev–Trinajstić information content (AvgIpc) is 2.55. The summed E-state index contributed by atoms with van der Waals surface area (Å²) in [4.78, 5) is 11.4. The van der Waals surface area contributed by atoms with E-state index in [9.17, 15) is 13.2 Å². The molecular formula is C17H34O10S. The van der Waals surface area contributed by atoms with E-state index in [1.165, 1.54) is 0 Å². The Kier molecular flexibility index (Phi) is 15.6. The van der Waals surface area contributed by atoms with Crippen LogP contribution in [0.15, 0.2) is 0 Å². The summed E-state index contributed by atoms with van der Waals surface area (Å²) in [5.41, 5.74) is -0.514. The van der Waals surface area contributed by atoms with Gasteiger partial charge in [-0.15, -0.1) is 0 Å². The fraction of sp³-hybridized carbons (Fsp3) is 0.941. The van der Waals surface area contributed by atoms with Crippen LogP contribution in [-0.4, -0.2) is 98.9 Å². The molecule has 0 aliphatic rings. The third kappa shape index (κ3) is 23.2. The van der Waals surface area contributed by atoms with Gasteiger partial charge in [0.05, 0.1) is 72.3 Å². The largest absolute Gasteiger partial charge is 0.458 e. The number of esters is 1. The highest BCUT2D eigenvalue weighted by Gasteiger charge is 2.15. The molecule has 0 amide bonds. The van der Waals surface area contributed by atoms with Gasteiger partial charge < -0.3 is 28.4 Å². The topological polar surface area (TPSA) is 116 Å². The third-order valence-corrected chi connectivity index (χ3v) is 3.25. The van der Waals surface area contributed by atoms with Crippen LogP contribution in [0.25, 0.3) is 0 Å². The molecule has 168 valence electrons. The second-order valence-corrected chi connectivity index (χ2v) is 8.26. The molecule has 10 nitrogen and oxygen atoms in total. The molecule has 0 spiro atoms. The lowest BCUT2D eigenvalue weighted by molar-refractivity contribution is -0.160. The maximum absolute atomic E-state index is 11.4. The molecule has 0 aromatic carbocycles. The minimum atomic E-state index is -3.42. The van der Waals surface area contributed by atoms with Crippen molar-refractivity contribution in [3.8, 4) is 0 Å². The predicted octanol–water partition coefficient (Wildman–Crippen LogP) is 0.387. The van der Waals surface area contributed by atoms with Crippen molar-refractivity contribution >= 4 is 16.1 Å². The smallest absolute Gasteiger partial charge is 0.332 e. The van der Waals surface area contributed by atoms with Gasteiger partial charge in [0.1, 0.15) is 12.2 Å². The van der Waals surface area contributed by atoms with Gasteiger partial charge in [0.25, 0.3) is 10.1 Å². The van der Waals surface area contributed by atoms with Crippen LogP contribution >= 0.6 is 0 Å². The Morgan fingerprint density at radius 3 is 1.39 bits per heavy atom. The van der Waals surface area contributed by atoms with E-state index >= 15 is 0 Å². The summed E-state index contributed by atoms with van der Waals surface area (Å²) in [5.74, 6) is -0.400. The SMILES string of the molecule is CC(C)(C)OC(=O)COCCOCCOCCOCCOCCOS(C)(=O)=O.